The van der Waals surface area contributed by atoms with Gasteiger partial charge in [-0.1, -0.05) is 19.1 Å². The number of hydrogen-bond donors (Lipinski definition) is 1. The summed E-state index contributed by atoms with van der Waals surface area (Å²) in [6.07, 6.45) is -3.66. The summed E-state index contributed by atoms with van der Waals surface area (Å²) in [5.41, 5.74) is -0.568. The molecule has 1 N–H and O–H groups in total. The minimum atomic E-state index is -4.34. The predicted octanol–water partition coefficient (Wildman–Crippen LogP) is 4.13. The molecule has 0 aliphatic carbocycles. The Bertz CT molecular complexity index is 334. The molecule has 1 atom stereocenters. The quantitative estimate of drug-likeness (QED) is 0.794. The maximum absolute atomic E-state index is 12.6. The van der Waals surface area contributed by atoms with E-state index in [1.54, 1.807) is 6.07 Å². The van der Waals surface area contributed by atoms with Crippen LogP contribution in [0, 0.1) is 0 Å². The van der Waals surface area contributed by atoms with Crippen molar-refractivity contribution in [3.63, 3.8) is 0 Å². The molecule has 90 valence electrons. The van der Waals surface area contributed by atoms with Crippen LogP contribution in [0.25, 0.3) is 0 Å². The number of nitrogens with one attached hydrogen (secondary N) is 1. The van der Waals surface area contributed by atoms with Gasteiger partial charge in [0.15, 0.2) is 0 Å². The van der Waals surface area contributed by atoms with Crippen molar-refractivity contribution in [3.8, 4) is 0 Å². The zero-order valence-corrected chi connectivity index (χ0v) is 9.57. The number of halogens is 4. The Labute approximate surface area is 97.6 Å². The lowest BCUT2D eigenvalue weighted by atomic mass is 10.1. The van der Waals surface area contributed by atoms with E-state index in [0.717, 1.165) is 6.07 Å². The molecule has 1 rings (SSSR count). The average molecular weight is 252 g/mol. The third-order valence-corrected chi connectivity index (χ3v) is 2.64. The molecular formula is C11H13ClF3N. The van der Waals surface area contributed by atoms with Crippen LogP contribution in [0.2, 0.25) is 0 Å². The van der Waals surface area contributed by atoms with Crippen molar-refractivity contribution in [1.29, 1.82) is 0 Å². The van der Waals surface area contributed by atoms with Gasteiger partial charge in [-0.3, -0.25) is 0 Å². The summed E-state index contributed by atoms with van der Waals surface area (Å²) < 4.78 is 37.9. The Morgan fingerprint density at radius 1 is 1.31 bits per heavy atom. The van der Waals surface area contributed by atoms with Crippen molar-refractivity contribution in [2.24, 2.45) is 0 Å². The van der Waals surface area contributed by atoms with E-state index in [4.69, 9.17) is 11.6 Å². The van der Waals surface area contributed by atoms with E-state index < -0.39 is 11.7 Å². The summed E-state index contributed by atoms with van der Waals surface area (Å²) in [6.45, 7) is 1.87. The van der Waals surface area contributed by atoms with Gasteiger partial charge >= 0.3 is 6.18 Å². The summed E-state index contributed by atoms with van der Waals surface area (Å²) in [5, 5.41) is 2.80. The Balaban J connectivity index is 2.95. The zero-order valence-electron chi connectivity index (χ0n) is 8.81. The SMILES string of the molecule is CCC(CCl)Nc1ccccc1C(F)(F)F. The summed E-state index contributed by atoms with van der Waals surface area (Å²) in [5.74, 6) is 0.280. The number of alkyl halides is 4. The van der Waals surface area contributed by atoms with Gasteiger partial charge in [-0.25, -0.2) is 0 Å². The summed E-state index contributed by atoms with van der Waals surface area (Å²) in [4.78, 5) is 0. The van der Waals surface area contributed by atoms with E-state index >= 15 is 0 Å². The van der Waals surface area contributed by atoms with Crippen LogP contribution in [-0.4, -0.2) is 11.9 Å². The van der Waals surface area contributed by atoms with E-state index in [0.29, 0.717) is 6.42 Å². The summed E-state index contributed by atoms with van der Waals surface area (Å²) in [7, 11) is 0. The van der Waals surface area contributed by atoms with Gasteiger partial charge in [-0.05, 0) is 18.6 Å². The smallest absolute Gasteiger partial charge is 0.381 e. The van der Waals surface area contributed by atoms with Gasteiger partial charge in [0.25, 0.3) is 0 Å². The van der Waals surface area contributed by atoms with Gasteiger partial charge < -0.3 is 5.32 Å². The third kappa shape index (κ3) is 3.30. The first-order valence-electron chi connectivity index (χ1n) is 4.97. The van der Waals surface area contributed by atoms with Crippen LogP contribution >= 0.6 is 11.6 Å². The molecule has 16 heavy (non-hydrogen) atoms. The molecule has 1 aromatic rings. The van der Waals surface area contributed by atoms with E-state index in [1.165, 1.54) is 12.1 Å². The molecule has 0 bridgehead atoms. The zero-order chi connectivity index (χ0) is 12.2. The molecule has 0 spiro atoms. The molecule has 0 aliphatic rings. The minimum absolute atomic E-state index is 0.0856. The lowest BCUT2D eigenvalue weighted by Gasteiger charge is -2.19. The lowest BCUT2D eigenvalue weighted by Crippen LogP contribution is -2.22. The van der Waals surface area contributed by atoms with Gasteiger partial charge in [-0.2, -0.15) is 13.2 Å². The topological polar surface area (TPSA) is 12.0 Å². The number of hydrogen-bond acceptors (Lipinski definition) is 1. The molecule has 1 unspecified atom stereocenters. The van der Waals surface area contributed by atoms with Gasteiger partial charge in [0.05, 0.1) is 5.56 Å². The lowest BCUT2D eigenvalue weighted by molar-refractivity contribution is -0.137. The maximum atomic E-state index is 12.6. The van der Waals surface area contributed by atoms with Gasteiger partial charge in [0.2, 0.25) is 0 Å². The van der Waals surface area contributed by atoms with Crippen molar-refractivity contribution in [1.82, 2.24) is 0 Å². The van der Waals surface area contributed by atoms with Crippen LogP contribution in [-0.2, 0) is 6.18 Å². The molecule has 0 fully saturated rings. The highest BCUT2D eigenvalue weighted by atomic mass is 35.5. The predicted molar refractivity (Wildman–Crippen MR) is 59.9 cm³/mol. The second-order valence-electron chi connectivity index (χ2n) is 3.45. The van der Waals surface area contributed by atoms with Crippen molar-refractivity contribution >= 4 is 17.3 Å². The minimum Gasteiger partial charge on any atom is -0.381 e. The molecule has 0 amide bonds. The van der Waals surface area contributed by atoms with Crippen LogP contribution in [0.1, 0.15) is 18.9 Å². The molecule has 0 aliphatic heterocycles. The molecule has 0 saturated carbocycles. The first kappa shape index (κ1) is 13.2. The first-order chi connectivity index (χ1) is 7.49. The fourth-order valence-electron chi connectivity index (χ4n) is 1.33. The highest BCUT2D eigenvalue weighted by molar-refractivity contribution is 6.18. The van der Waals surface area contributed by atoms with Gasteiger partial charge in [0, 0.05) is 17.6 Å². The fourth-order valence-corrected chi connectivity index (χ4v) is 1.62. The molecule has 0 aromatic heterocycles. The molecule has 0 saturated heterocycles. The van der Waals surface area contributed by atoms with E-state index in [2.05, 4.69) is 5.32 Å². The second kappa shape index (κ2) is 5.43. The van der Waals surface area contributed by atoms with Crippen molar-refractivity contribution in [2.75, 3.05) is 11.2 Å². The first-order valence-corrected chi connectivity index (χ1v) is 5.51. The molecule has 0 radical (unpaired) electrons. The number of para-hydroxylation sites is 1. The fraction of sp³-hybridized carbons (Fsp3) is 0.455. The van der Waals surface area contributed by atoms with Crippen LogP contribution in [0.5, 0.6) is 0 Å². The van der Waals surface area contributed by atoms with Crippen molar-refractivity contribution in [2.45, 2.75) is 25.6 Å². The third-order valence-electron chi connectivity index (χ3n) is 2.27. The van der Waals surface area contributed by atoms with Crippen LogP contribution in [0.4, 0.5) is 18.9 Å². The Kier molecular flexibility index (Phi) is 4.47. The van der Waals surface area contributed by atoms with Crippen molar-refractivity contribution in [3.05, 3.63) is 29.8 Å². The number of anilines is 1. The molecule has 0 heterocycles. The van der Waals surface area contributed by atoms with Crippen LogP contribution < -0.4 is 5.32 Å². The molecule has 1 nitrogen and oxygen atoms in total. The van der Waals surface area contributed by atoms with E-state index in [9.17, 15) is 13.2 Å². The Hall–Kier alpha value is -0.900. The van der Waals surface area contributed by atoms with E-state index in [1.807, 2.05) is 6.92 Å². The maximum Gasteiger partial charge on any atom is 0.418 e. The average Bonchev–Trinajstić information content (AvgIpc) is 2.25. The standard InChI is InChI=1S/C11H13ClF3N/c1-2-8(7-12)16-10-6-4-3-5-9(10)11(13,14)15/h3-6,8,16H,2,7H2,1H3. The number of rotatable bonds is 4. The monoisotopic (exact) mass is 251 g/mol. The van der Waals surface area contributed by atoms with Gasteiger partial charge in [0.1, 0.15) is 0 Å². The Morgan fingerprint density at radius 3 is 2.44 bits per heavy atom. The second-order valence-corrected chi connectivity index (χ2v) is 3.76. The van der Waals surface area contributed by atoms with Crippen LogP contribution in [0.3, 0.4) is 0 Å². The molecular weight excluding hydrogens is 239 g/mol. The Morgan fingerprint density at radius 2 is 1.94 bits per heavy atom. The summed E-state index contributed by atoms with van der Waals surface area (Å²) >= 11 is 5.64. The highest BCUT2D eigenvalue weighted by Crippen LogP contribution is 2.34. The highest BCUT2D eigenvalue weighted by Gasteiger charge is 2.33. The normalized spacial score (nSPS) is 13.6. The summed E-state index contributed by atoms with van der Waals surface area (Å²) in [6, 6.07) is 5.26. The van der Waals surface area contributed by atoms with Gasteiger partial charge in [-0.15, -0.1) is 11.6 Å². The number of benzene rings is 1. The molecule has 5 heteroatoms. The molecule has 1 aromatic carbocycles. The van der Waals surface area contributed by atoms with E-state index in [-0.39, 0.29) is 17.6 Å². The van der Waals surface area contributed by atoms with Crippen molar-refractivity contribution < 1.29 is 13.2 Å². The largest absolute Gasteiger partial charge is 0.418 e. The van der Waals surface area contributed by atoms with Crippen LogP contribution in [0.15, 0.2) is 24.3 Å².